The molecule has 1 aliphatic carbocycles. The molecule has 1 fully saturated rings. The van der Waals surface area contributed by atoms with Gasteiger partial charge in [0.05, 0.1) is 18.1 Å². The lowest BCUT2D eigenvalue weighted by atomic mass is 9.85. The standard InChI is InChI=1S/C10H16O5.C6H14N2O/c1-2-5-6(4-9(12)13)7(10(14)15)3-8(5)11;1-4(2)3-5(7)6(8)9/h5-8,11H,2-4H2,1H3,(H,12,13)(H,14,15);4-5H,3,7H2,1-2H3,(H2,8,9)/t5?,6-,7?,8?;5-/m10/s1. The van der Waals surface area contributed by atoms with Crippen LogP contribution in [0.15, 0.2) is 0 Å². The number of amides is 1. The molecule has 24 heavy (non-hydrogen) atoms. The number of primary amides is 1. The van der Waals surface area contributed by atoms with Crippen LogP contribution in [0.2, 0.25) is 0 Å². The van der Waals surface area contributed by atoms with Crippen LogP contribution in [-0.2, 0) is 14.4 Å². The lowest BCUT2D eigenvalue weighted by Gasteiger charge is -2.20. The van der Waals surface area contributed by atoms with Crippen LogP contribution in [-0.4, -0.2) is 45.3 Å². The molecule has 3 unspecified atom stereocenters. The second-order valence-corrected chi connectivity index (χ2v) is 6.72. The van der Waals surface area contributed by atoms with Gasteiger partial charge < -0.3 is 26.8 Å². The molecule has 8 heteroatoms. The van der Waals surface area contributed by atoms with Crippen molar-refractivity contribution in [3.05, 3.63) is 0 Å². The van der Waals surface area contributed by atoms with Crippen LogP contribution in [0.1, 0.15) is 46.5 Å². The molecule has 1 saturated carbocycles. The van der Waals surface area contributed by atoms with Crippen molar-refractivity contribution in [2.75, 3.05) is 0 Å². The Bertz CT molecular complexity index is 440. The lowest BCUT2D eigenvalue weighted by molar-refractivity contribution is -0.145. The molecule has 1 amide bonds. The Morgan fingerprint density at radius 2 is 1.71 bits per heavy atom. The summed E-state index contributed by atoms with van der Waals surface area (Å²) in [4.78, 5) is 31.8. The second kappa shape index (κ2) is 10.2. The molecule has 0 aliphatic heterocycles. The van der Waals surface area contributed by atoms with Gasteiger partial charge in [-0.1, -0.05) is 27.2 Å². The van der Waals surface area contributed by atoms with Crippen molar-refractivity contribution < 1.29 is 29.7 Å². The molecule has 5 atom stereocenters. The molecule has 140 valence electrons. The fourth-order valence-corrected chi connectivity index (χ4v) is 3.17. The third-order valence-electron chi connectivity index (χ3n) is 4.35. The van der Waals surface area contributed by atoms with Gasteiger partial charge in [-0.3, -0.25) is 14.4 Å². The summed E-state index contributed by atoms with van der Waals surface area (Å²) in [6, 6.07) is -0.468. The van der Waals surface area contributed by atoms with Gasteiger partial charge in [0.15, 0.2) is 0 Å². The Labute approximate surface area is 142 Å². The number of carbonyl (C=O) groups is 3. The Morgan fingerprint density at radius 3 is 2.00 bits per heavy atom. The van der Waals surface area contributed by atoms with Gasteiger partial charge in [-0.2, -0.15) is 0 Å². The fraction of sp³-hybridized carbons (Fsp3) is 0.812. The highest BCUT2D eigenvalue weighted by molar-refractivity contribution is 5.79. The maximum atomic E-state index is 10.9. The Balaban J connectivity index is 0.000000506. The highest BCUT2D eigenvalue weighted by atomic mass is 16.4. The van der Waals surface area contributed by atoms with Crippen molar-refractivity contribution in [2.45, 2.75) is 58.6 Å². The number of carboxylic acid groups (broad SMARTS) is 2. The normalized spacial score (nSPS) is 27.2. The monoisotopic (exact) mass is 346 g/mol. The summed E-state index contributed by atoms with van der Waals surface area (Å²) in [6.45, 7) is 5.85. The SMILES string of the molecule is CC(C)C[C@H](N)C(N)=O.CCC1C(O)CC(C(=O)O)[C@@H]1CC(=O)O. The molecule has 0 radical (unpaired) electrons. The summed E-state index contributed by atoms with van der Waals surface area (Å²) < 4.78 is 0. The molecule has 0 aromatic carbocycles. The lowest BCUT2D eigenvalue weighted by Crippen LogP contribution is -2.37. The van der Waals surface area contributed by atoms with E-state index in [2.05, 4.69) is 0 Å². The van der Waals surface area contributed by atoms with Crippen LogP contribution in [0.25, 0.3) is 0 Å². The van der Waals surface area contributed by atoms with E-state index in [4.69, 9.17) is 21.7 Å². The summed E-state index contributed by atoms with van der Waals surface area (Å²) in [7, 11) is 0. The molecule has 8 nitrogen and oxygen atoms in total. The minimum Gasteiger partial charge on any atom is -0.481 e. The second-order valence-electron chi connectivity index (χ2n) is 6.72. The molecular weight excluding hydrogens is 316 g/mol. The highest BCUT2D eigenvalue weighted by Crippen LogP contribution is 2.41. The third kappa shape index (κ3) is 7.27. The zero-order valence-corrected chi connectivity index (χ0v) is 14.5. The van der Waals surface area contributed by atoms with Crippen LogP contribution >= 0.6 is 0 Å². The van der Waals surface area contributed by atoms with E-state index in [-0.39, 0.29) is 18.8 Å². The number of hydrogen-bond donors (Lipinski definition) is 5. The first kappa shape index (κ1) is 22.3. The molecule has 0 aromatic rings. The Morgan fingerprint density at radius 1 is 1.17 bits per heavy atom. The largest absolute Gasteiger partial charge is 0.481 e. The van der Waals surface area contributed by atoms with E-state index >= 15 is 0 Å². The van der Waals surface area contributed by atoms with Crippen molar-refractivity contribution in [2.24, 2.45) is 35.1 Å². The third-order valence-corrected chi connectivity index (χ3v) is 4.35. The minimum absolute atomic E-state index is 0.172. The maximum Gasteiger partial charge on any atom is 0.306 e. The van der Waals surface area contributed by atoms with Gasteiger partial charge >= 0.3 is 11.9 Å². The number of aliphatic hydroxyl groups is 1. The van der Waals surface area contributed by atoms with E-state index in [1.807, 2.05) is 20.8 Å². The van der Waals surface area contributed by atoms with Crippen LogP contribution in [0.5, 0.6) is 0 Å². The molecule has 0 bridgehead atoms. The summed E-state index contributed by atoms with van der Waals surface area (Å²) in [5, 5.41) is 27.3. The fourth-order valence-electron chi connectivity index (χ4n) is 3.17. The maximum absolute atomic E-state index is 10.9. The number of carbonyl (C=O) groups excluding carboxylic acids is 1. The van der Waals surface area contributed by atoms with Crippen molar-refractivity contribution in [1.82, 2.24) is 0 Å². The summed E-state index contributed by atoms with van der Waals surface area (Å²) in [6.07, 6.45) is 0.608. The topological polar surface area (TPSA) is 164 Å². The summed E-state index contributed by atoms with van der Waals surface area (Å²) >= 11 is 0. The van der Waals surface area contributed by atoms with Crippen molar-refractivity contribution >= 4 is 17.8 Å². The summed E-state index contributed by atoms with van der Waals surface area (Å²) in [5.74, 6) is -3.35. The molecular formula is C16H30N2O6. The molecule has 0 heterocycles. The van der Waals surface area contributed by atoms with Gasteiger partial charge in [0, 0.05) is 6.42 Å². The average Bonchev–Trinajstić information content (AvgIpc) is 2.74. The van der Waals surface area contributed by atoms with Crippen molar-refractivity contribution in [3.8, 4) is 0 Å². The van der Waals surface area contributed by atoms with Crippen LogP contribution in [0, 0.1) is 23.7 Å². The molecule has 0 saturated heterocycles. The van der Waals surface area contributed by atoms with E-state index in [9.17, 15) is 19.5 Å². The van der Waals surface area contributed by atoms with Crippen LogP contribution < -0.4 is 11.5 Å². The molecule has 0 aromatic heterocycles. The number of carboxylic acids is 2. The van der Waals surface area contributed by atoms with Gasteiger partial charge in [0.2, 0.25) is 5.91 Å². The number of nitrogens with two attached hydrogens (primary N) is 2. The predicted octanol–water partition coefficient (Wildman–Crippen LogP) is 0.414. The number of rotatable bonds is 7. The van der Waals surface area contributed by atoms with E-state index in [1.165, 1.54) is 0 Å². The Hall–Kier alpha value is -1.67. The van der Waals surface area contributed by atoms with Crippen LogP contribution in [0.4, 0.5) is 0 Å². The smallest absolute Gasteiger partial charge is 0.306 e. The van der Waals surface area contributed by atoms with E-state index in [1.54, 1.807) is 0 Å². The van der Waals surface area contributed by atoms with Gasteiger partial charge in [-0.25, -0.2) is 0 Å². The quantitative estimate of drug-likeness (QED) is 0.445. The van der Waals surface area contributed by atoms with Gasteiger partial charge in [0.1, 0.15) is 0 Å². The van der Waals surface area contributed by atoms with E-state index in [0.29, 0.717) is 18.8 Å². The first-order valence-corrected chi connectivity index (χ1v) is 8.18. The van der Waals surface area contributed by atoms with Gasteiger partial charge in [-0.15, -0.1) is 0 Å². The summed E-state index contributed by atoms with van der Waals surface area (Å²) in [5.41, 5.74) is 10.3. The highest BCUT2D eigenvalue weighted by Gasteiger charge is 2.45. The van der Waals surface area contributed by atoms with Crippen molar-refractivity contribution in [1.29, 1.82) is 0 Å². The first-order valence-electron chi connectivity index (χ1n) is 8.18. The molecule has 1 aliphatic rings. The number of hydrogen-bond acceptors (Lipinski definition) is 5. The van der Waals surface area contributed by atoms with Gasteiger partial charge in [-0.05, 0) is 30.6 Å². The first-order chi connectivity index (χ1) is 11.0. The predicted molar refractivity (Wildman–Crippen MR) is 87.9 cm³/mol. The molecule has 1 rings (SSSR count). The zero-order chi connectivity index (χ0) is 19.0. The van der Waals surface area contributed by atoms with Gasteiger partial charge in [0.25, 0.3) is 0 Å². The molecule has 0 spiro atoms. The molecule has 7 N–H and O–H groups in total. The van der Waals surface area contributed by atoms with Crippen molar-refractivity contribution in [3.63, 3.8) is 0 Å². The number of aliphatic carboxylic acids is 2. The van der Waals surface area contributed by atoms with E-state index in [0.717, 1.165) is 0 Å². The number of aliphatic hydroxyl groups excluding tert-OH is 1. The van der Waals surface area contributed by atoms with E-state index < -0.39 is 41.8 Å². The zero-order valence-electron chi connectivity index (χ0n) is 14.5. The van der Waals surface area contributed by atoms with Crippen LogP contribution in [0.3, 0.4) is 0 Å². The Kier molecular flexibility index (Phi) is 9.53. The average molecular weight is 346 g/mol. The minimum atomic E-state index is -1.00.